The summed E-state index contributed by atoms with van der Waals surface area (Å²) in [6.07, 6.45) is 0. The third kappa shape index (κ3) is 7.11. The molecule has 0 fully saturated rings. The predicted molar refractivity (Wildman–Crippen MR) is 231 cm³/mol. The summed E-state index contributed by atoms with van der Waals surface area (Å²) in [4.78, 5) is 0. The van der Waals surface area contributed by atoms with Gasteiger partial charge in [0.25, 0.3) is 0 Å². The molecule has 0 aliphatic heterocycles. The van der Waals surface area contributed by atoms with E-state index in [1.54, 1.807) is 52.7 Å². The Balaban J connectivity index is 1.62. The smallest absolute Gasteiger partial charge is 0.118 e. The minimum absolute atomic E-state index is 0.196. The number of aromatic hydroxyl groups is 2. The molecular weight excluding hydrogens is 721 g/mol. The normalized spacial score (nSPS) is 13.5. The number of hydrogen-bond acceptors (Lipinski definition) is 6. The van der Waals surface area contributed by atoms with Gasteiger partial charge < -0.3 is 29.2 Å². The first-order valence-corrected chi connectivity index (χ1v) is 19.3. The SMILES string of the molecule is COc1ccc(C(C)(c2ccc(O)cc2)c2cc(C(C)(c3ccc(O)cc3)c3ccc(OC)cc3)cc(C(C)(c3ccc(OC)cc3)c3ccc(OC)cc3)c2)cc1. The van der Waals surface area contributed by atoms with E-state index in [9.17, 15) is 10.2 Å². The first-order chi connectivity index (χ1) is 28.0. The van der Waals surface area contributed by atoms with Crippen LogP contribution in [0.5, 0.6) is 34.5 Å². The molecule has 0 amide bonds. The Morgan fingerprint density at radius 3 is 0.621 bits per heavy atom. The lowest BCUT2D eigenvalue weighted by molar-refractivity contribution is 0.414. The molecule has 2 unspecified atom stereocenters. The fourth-order valence-electron chi connectivity index (χ4n) is 8.28. The first kappa shape index (κ1) is 39.6. The number of benzene rings is 7. The highest BCUT2D eigenvalue weighted by molar-refractivity contribution is 5.61. The molecule has 0 aliphatic rings. The summed E-state index contributed by atoms with van der Waals surface area (Å²) >= 11 is 0. The zero-order valence-electron chi connectivity index (χ0n) is 34.1. The Morgan fingerprint density at radius 2 is 0.448 bits per heavy atom. The molecule has 0 aromatic heterocycles. The molecule has 6 nitrogen and oxygen atoms in total. The zero-order chi connectivity index (χ0) is 41.1. The Morgan fingerprint density at radius 1 is 0.276 bits per heavy atom. The maximum Gasteiger partial charge on any atom is 0.118 e. The summed E-state index contributed by atoms with van der Waals surface area (Å²) in [5.41, 5.74) is 7.29. The van der Waals surface area contributed by atoms with Gasteiger partial charge in [-0.05, 0) is 144 Å². The van der Waals surface area contributed by atoms with Crippen LogP contribution in [0.4, 0.5) is 0 Å². The van der Waals surface area contributed by atoms with E-state index in [-0.39, 0.29) is 11.5 Å². The van der Waals surface area contributed by atoms with Gasteiger partial charge in [0.2, 0.25) is 0 Å². The summed E-state index contributed by atoms with van der Waals surface area (Å²) in [5.74, 6) is 3.46. The maximum absolute atomic E-state index is 10.5. The molecule has 2 atom stereocenters. The highest BCUT2D eigenvalue weighted by Crippen LogP contribution is 2.49. The number of phenols is 2. The van der Waals surface area contributed by atoms with Gasteiger partial charge in [0.05, 0.1) is 28.4 Å². The lowest BCUT2D eigenvalue weighted by Gasteiger charge is -2.39. The van der Waals surface area contributed by atoms with E-state index in [4.69, 9.17) is 18.9 Å². The quantitative estimate of drug-likeness (QED) is 0.114. The molecule has 0 saturated carbocycles. The molecule has 58 heavy (non-hydrogen) atoms. The van der Waals surface area contributed by atoms with Crippen LogP contribution in [0.2, 0.25) is 0 Å². The molecule has 7 aromatic carbocycles. The molecule has 0 radical (unpaired) electrons. The molecule has 0 bridgehead atoms. The summed E-state index contributed by atoms with van der Waals surface area (Å²) in [7, 11) is 6.71. The minimum atomic E-state index is -0.721. The largest absolute Gasteiger partial charge is 0.508 e. The van der Waals surface area contributed by atoms with Crippen molar-refractivity contribution in [3.63, 3.8) is 0 Å². The minimum Gasteiger partial charge on any atom is -0.508 e. The van der Waals surface area contributed by atoms with Crippen LogP contribution in [0.3, 0.4) is 0 Å². The number of phenolic OH excluding ortho intramolecular Hbond substituents is 2. The predicted octanol–water partition coefficient (Wildman–Crippen LogP) is 11.2. The van der Waals surface area contributed by atoms with Crippen LogP contribution in [-0.4, -0.2) is 38.7 Å². The lowest BCUT2D eigenvalue weighted by Crippen LogP contribution is -2.32. The van der Waals surface area contributed by atoms with E-state index < -0.39 is 16.2 Å². The molecule has 294 valence electrons. The van der Waals surface area contributed by atoms with Gasteiger partial charge in [-0.2, -0.15) is 0 Å². The van der Waals surface area contributed by atoms with Crippen LogP contribution in [0.1, 0.15) is 70.8 Å². The number of methoxy groups -OCH3 is 4. The van der Waals surface area contributed by atoms with Gasteiger partial charge >= 0.3 is 0 Å². The summed E-state index contributed by atoms with van der Waals surface area (Å²) in [5, 5.41) is 21.0. The average Bonchev–Trinajstić information content (AvgIpc) is 3.28. The Bertz CT molecular complexity index is 2290. The van der Waals surface area contributed by atoms with Gasteiger partial charge in [-0.3, -0.25) is 0 Å². The summed E-state index contributed by atoms with van der Waals surface area (Å²) in [6, 6.07) is 55.0. The number of ether oxygens (including phenoxy) is 4. The maximum atomic E-state index is 10.5. The fraction of sp³-hybridized carbons (Fsp3) is 0.192. The van der Waals surface area contributed by atoms with Crippen LogP contribution in [0, 0.1) is 0 Å². The fourth-order valence-corrected chi connectivity index (χ4v) is 8.28. The van der Waals surface area contributed by atoms with E-state index in [2.05, 4.69) is 87.5 Å². The average molecular weight is 771 g/mol. The number of rotatable bonds is 13. The number of hydrogen-bond donors (Lipinski definition) is 2. The van der Waals surface area contributed by atoms with Crippen molar-refractivity contribution in [3.8, 4) is 34.5 Å². The van der Waals surface area contributed by atoms with Gasteiger partial charge in [0.15, 0.2) is 0 Å². The Hall–Kier alpha value is -6.66. The van der Waals surface area contributed by atoms with Crippen molar-refractivity contribution in [2.24, 2.45) is 0 Å². The van der Waals surface area contributed by atoms with Crippen molar-refractivity contribution < 1.29 is 29.2 Å². The molecule has 7 aromatic rings. The van der Waals surface area contributed by atoms with Crippen molar-refractivity contribution in [1.82, 2.24) is 0 Å². The van der Waals surface area contributed by atoms with Gasteiger partial charge in [0, 0.05) is 16.2 Å². The van der Waals surface area contributed by atoms with E-state index in [0.717, 1.165) is 73.1 Å². The zero-order valence-corrected chi connectivity index (χ0v) is 34.1. The molecule has 0 spiro atoms. The van der Waals surface area contributed by atoms with Crippen molar-refractivity contribution >= 4 is 0 Å². The van der Waals surface area contributed by atoms with Crippen molar-refractivity contribution in [2.75, 3.05) is 28.4 Å². The van der Waals surface area contributed by atoms with Gasteiger partial charge in [-0.1, -0.05) is 91.0 Å². The molecular formula is C52H50O6. The standard InChI is InChI=1S/C52H50O6/c1-50(35-8-20-44(53)21-9-35,37-12-24-46(55-4)25-13-37)41-32-42(51(2,36-10-22-45(54)23-11-36)38-14-26-47(56-5)27-15-38)34-43(33-41)52(3,39-16-28-48(57-6)29-17-39)40-18-30-49(58-7)31-19-40/h8-34,53-54H,1-7H3. The highest BCUT2D eigenvalue weighted by atomic mass is 16.5. The van der Waals surface area contributed by atoms with E-state index in [1.807, 2.05) is 72.8 Å². The lowest BCUT2D eigenvalue weighted by atomic mass is 9.63. The second kappa shape index (κ2) is 16.1. The van der Waals surface area contributed by atoms with E-state index >= 15 is 0 Å². The van der Waals surface area contributed by atoms with Gasteiger partial charge in [-0.15, -0.1) is 0 Å². The van der Waals surface area contributed by atoms with Crippen LogP contribution >= 0.6 is 0 Å². The molecule has 7 rings (SSSR count). The molecule has 2 N–H and O–H groups in total. The summed E-state index contributed by atoms with van der Waals surface area (Å²) in [6.45, 7) is 6.76. The third-order valence-corrected chi connectivity index (χ3v) is 12.2. The van der Waals surface area contributed by atoms with Crippen LogP contribution in [0.15, 0.2) is 164 Å². The van der Waals surface area contributed by atoms with Crippen molar-refractivity contribution in [3.05, 3.63) is 214 Å². The van der Waals surface area contributed by atoms with E-state index in [1.165, 1.54) is 0 Å². The van der Waals surface area contributed by atoms with E-state index in [0.29, 0.717) is 0 Å². The highest BCUT2D eigenvalue weighted by Gasteiger charge is 2.40. The van der Waals surface area contributed by atoms with Crippen LogP contribution in [-0.2, 0) is 16.2 Å². The Kier molecular flexibility index (Phi) is 11.0. The topological polar surface area (TPSA) is 77.4 Å². The van der Waals surface area contributed by atoms with Crippen molar-refractivity contribution in [2.45, 2.75) is 37.0 Å². The second-order valence-electron chi connectivity index (χ2n) is 15.2. The van der Waals surface area contributed by atoms with Crippen LogP contribution < -0.4 is 18.9 Å². The second-order valence-corrected chi connectivity index (χ2v) is 15.2. The molecule has 6 heteroatoms. The molecule has 0 aliphatic carbocycles. The summed E-state index contributed by atoms with van der Waals surface area (Å²) < 4.78 is 22.5. The monoisotopic (exact) mass is 770 g/mol. The molecule has 0 heterocycles. The first-order valence-electron chi connectivity index (χ1n) is 19.3. The Labute approximate surface area is 341 Å². The van der Waals surface area contributed by atoms with Crippen molar-refractivity contribution in [1.29, 1.82) is 0 Å². The molecule has 0 saturated heterocycles. The van der Waals surface area contributed by atoms with Crippen LogP contribution in [0.25, 0.3) is 0 Å². The van der Waals surface area contributed by atoms with Gasteiger partial charge in [0.1, 0.15) is 34.5 Å². The van der Waals surface area contributed by atoms with Gasteiger partial charge in [-0.25, -0.2) is 0 Å². The third-order valence-electron chi connectivity index (χ3n) is 12.2.